The maximum absolute atomic E-state index is 11.9. The van der Waals surface area contributed by atoms with Gasteiger partial charge in [0.25, 0.3) is 0 Å². The standard InChI is InChI=1S/C32H56O28Si8.4Mn/c33-25(34)9-1-17-61-49-62(18-2-10-26(35)36)52-65(21-5-13-29(41)42)54-63(50-61,19-3-11-27(37)38)56-67(23-7-15-31(45)46)57-64(51-61,20-4-12-28(39)40)55-66(53-62,22-6-14-30(43)44)59-68(58-65,60-67)24-8-16-32(47)48;;;;/h1-24H2,(H,33,34)(H,35,36)(H,37,38)(H,39,40)(H,41,42)(H,43,44)(H,45,46)(H,47,48);;;;/q;4*+2/p-8. The zero-order valence-corrected chi connectivity index (χ0v) is 50.6. The molecule has 6 fully saturated rings. The topological polar surface area (TPSA) is 432 Å². The molecule has 0 spiro atoms. The Balaban J connectivity index is 0.00000648. The van der Waals surface area contributed by atoms with E-state index in [1.54, 1.807) is 0 Å². The van der Waals surface area contributed by atoms with E-state index in [-0.39, 0.29) is 120 Å². The van der Waals surface area contributed by atoms with Crippen molar-refractivity contribution in [2.75, 3.05) is 0 Å². The second-order valence-electron chi connectivity index (χ2n) is 16.5. The van der Waals surface area contributed by atoms with E-state index in [0.717, 1.165) is 0 Å². The third-order valence-corrected chi connectivity index (χ3v) is 48.2. The van der Waals surface area contributed by atoms with Gasteiger partial charge in [-0.05, 0) is 103 Å². The number of carboxylic acids is 8. The zero-order chi connectivity index (χ0) is 50.1. The molecule has 4 radical (unpaired) electrons. The third-order valence-electron chi connectivity index (χ3n) is 10.6. The van der Waals surface area contributed by atoms with Crippen LogP contribution in [0.25, 0.3) is 0 Å². The van der Waals surface area contributed by atoms with E-state index < -0.39 is 218 Å². The van der Waals surface area contributed by atoms with Crippen LogP contribution in [0.3, 0.4) is 0 Å². The Morgan fingerprint density at radius 3 is 0.361 bits per heavy atom. The summed E-state index contributed by atoms with van der Waals surface area (Å²) in [6, 6.07) is -4.37. The predicted octanol–water partition coefficient (Wildman–Crippen LogP) is -8.00. The Kier molecular flexibility index (Phi) is 28.0. The average Bonchev–Trinajstić information content (AvgIpc) is 3.13. The predicted molar refractivity (Wildman–Crippen MR) is 211 cm³/mol. The summed E-state index contributed by atoms with van der Waals surface area (Å²) in [6.07, 6.45) is -8.60. The first kappa shape index (κ1) is 69.1. The van der Waals surface area contributed by atoms with Gasteiger partial charge in [0.05, 0.1) is 0 Å². The van der Waals surface area contributed by atoms with E-state index in [9.17, 15) is 79.2 Å². The van der Waals surface area contributed by atoms with Gasteiger partial charge < -0.3 is 129 Å². The van der Waals surface area contributed by atoms with Crippen molar-refractivity contribution in [1.82, 2.24) is 0 Å². The third kappa shape index (κ3) is 19.8. The van der Waals surface area contributed by atoms with Crippen molar-refractivity contribution < 1.29 is 197 Å². The van der Waals surface area contributed by atoms with E-state index in [1.807, 2.05) is 0 Å². The molecule has 6 heterocycles. The van der Waals surface area contributed by atoms with Crippen LogP contribution in [0.1, 0.15) is 103 Å². The summed E-state index contributed by atoms with van der Waals surface area (Å²) in [5, 5.41) is 95.4. The monoisotopic (exact) mass is 1320 g/mol. The molecule has 0 saturated carbocycles. The van der Waals surface area contributed by atoms with Crippen LogP contribution in [-0.2, 0) is 156 Å². The fraction of sp³-hybridized carbons (Fsp3) is 0.750. The van der Waals surface area contributed by atoms with Crippen LogP contribution in [-0.4, -0.2) is 118 Å². The zero-order valence-electron chi connectivity index (χ0n) is 37.9. The summed E-state index contributed by atoms with van der Waals surface area (Å²) in [6.45, 7) is 0. The molecule has 0 aromatic rings. The van der Waals surface area contributed by atoms with Crippen molar-refractivity contribution >= 4 is 118 Å². The quantitative estimate of drug-likeness (QED) is 0.0565. The molecule has 0 aromatic carbocycles. The molecule has 404 valence electrons. The number of aliphatic carboxylic acids is 8. The number of carbonyl (C=O) groups excluding carboxylic acids is 8. The largest absolute Gasteiger partial charge is 2.00 e. The molecule has 6 aliphatic rings. The number of rotatable bonds is 32. The maximum atomic E-state index is 11.9. The van der Waals surface area contributed by atoms with Crippen LogP contribution in [0.2, 0.25) is 48.4 Å². The Morgan fingerprint density at radius 2 is 0.292 bits per heavy atom. The SMILES string of the molecule is O=C([O-])CCC[Si]12O[Si]3(CCCC(=O)[O-])O[Si]4(CCCC(=O)[O-])O[Si](CCCC(=O)[O-])(O1)O[Si]1(CCCC(=O)[O-])O[Si](CCCC(=O)[O-])(O2)O[Si](CCCC(=O)[O-])(O3)O[Si](CCCC(=O)[O-])(O4)O1.[Mn+2].[Mn+2].[Mn+2].[Mn+2]. The second kappa shape index (κ2) is 29.2. The molecule has 8 bridgehead atoms. The minimum absolute atomic E-state index is 0. The van der Waals surface area contributed by atoms with E-state index in [1.165, 1.54) is 0 Å². The van der Waals surface area contributed by atoms with E-state index in [0.29, 0.717) is 0 Å². The van der Waals surface area contributed by atoms with Gasteiger partial charge in [-0.3, -0.25) is 0 Å². The number of hydrogen-bond donors (Lipinski definition) is 0. The van der Waals surface area contributed by atoms with Crippen molar-refractivity contribution in [2.45, 2.75) is 151 Å². The Morgan fingerprint density at radius 1 is 0.208 bits per heavy atom. The molecular weight excluding hydrogens is 1280 g/mol. The average molecular weight is 1330 g/mol. The molecule has 72 heavy (non-hydrogen) atoms. The molecule has 0 amide bonds. The second-order valence-corrected chi connectivity index (χ2v) is 41.2. The molecule has 0 N–H and O–H groups in total. The Labute approximate surface area is 462 Å². The number of carboxylic acid groups (broad SMARTS) is 8. The van der Waals surface area contributed by atoms with Crippen LogP contribution in [0.5, 0.6) is 0 Å². The van der Waals surface area contributed by atoms with Crippen molar-refractivity contribution in [3.05, 3.63) is 0 Å². The van der Waals surface area contributed by atoms with Gasteiger partial charge in [0.15, 0.2) is 0 Å². The molecule has 40 heteroatoms. The van der Waals surface area contributed by atoms with Crippen LogP contribution in [0.15, 0.2) is 0 Å². The van der Waals surface area contributed by atoms with Crippen LogP contribution in [0.4, 0.5) is 0 Å². The Bertz CT molecular complexity index is 1470. The van der Waals surface area contributed by atoms with E-state index >= 15 is 0 Å². The van der Waals surface area contributed by atoms with Gasteiger partial charge in [0, 0.05) is 96.1 Å². The maximum Gasteiger partial charge on any atom is 2.00 e. The summed E-state index contributed by atoms with van der Waals surface area (Å²) >= 11 is 0. The van der Waals surface area contributed by atoms with Crippen molar-refractivity contribution in [2.24, 2.45) is 0 Å². The van der Waals surface area contributed by atoms with Gasteiger partial charge in [-0.15, -0.1) is 0 Å². The molecular formula is C32H48Mn4O28Si8. The molecule has 28 nitrogen and oxygen atoms in total. The summed E-state index contributed by atoms with van der Waals surface area (Å²) in [5.41, 5.74) is 0. The molecule has 0 aliphatic carbocycles. The van der Waals surface area contributed by atoms with Crippen LogP contribution >= 0.6 is 0 Å². The van der Waals surface area contributed by atoms with E-state index in [2.05, 4.69) is 0 Å². The minimum Gasteiger partial charge on any atom is -0.550 e. The van der Waals surface area contributed by atoms with Gasteiger partial charge >= 0.3 is 139 Å². The van der Waals surface area contributed by atoms with Gasteiger partial charge in [-0.2, -0.15) is 0 Å². The first-order chi connectivity index (χ1) is 31.8. The van der Waals surface area contributed by atoms with Gasteiger partial charge in [0.2, 0.25) is 0 Å². The van der Waals surface area contributed by atoms with E-state index in [4.69, 9.17) is 49.4 Å². The minimum atomic E-state index is -5.09. The van der Waals surface area contributed by atoms with Crippen LogP contribution in [0, 0.1) is 0 Å². The van der Waals surface area contributed by atoms with Gasteiger partial charge in [0.1, 0.15) is 0 Å². The van der Waals surface area contributed by atoms with Gasteiger partial charge in [-0.1, -0.05) is 0 Å². The number of hydrogen-bond acceptors (Lipinski definition) is 28. The first-order valence-corrected chi connectivity index (χ1v) is 37.3. The molecule has 0 aromatic heterocycles. The van der Waals surface area contributed by atoms with Crippen molar-refractivity contribution in [1.29, 1.82) is 0 Å². The smallest absolute Gasteiger partial charge is 0.550 e. The van der Waals surface area contributed by atoms with Gasteiger partial charge in [-0.25, -0.2) is 0 Å². The summed E-state index contributed by atoms with van der Waals surface area (Å²) in [5.74, 6) is -12.5. The summed E-state index contributed by atoms with van der Waals surface area (Å²) < 4.78 is 84.2. The van der Waals surface area contributed by atoms with Crippen LogP contribution < -0.4 is 40.9 Å². The fourth-order valence-electron chi connectivity index (χ4n) is 8.16. The Hall–Kier alpha value is -0.907. The summed E-state index contributed by atoms with van der Waals surface area (Å²) in [4.78, 5) is 95.4. The fourth-order valence-corrected chi connectivity index (χ4v) is 58.6. The summed E-state index contributed by atoms with van der Waals surface area (Å²) in [7, 11) is -40.7. The first-order valence-electron chi connectivity index (χ1n) is 21.8. The molecule has 6 saturated heterocycles. The molecule has 0 unspecified atom stereocenters. The molecule has 0 atom stereocenters. The van der Waals surface area contributed by atoms with Crippen molar-refractivity contribution in [3.63, 3.8) is 0 Å². The molecule has 6 aliphatic heterocycles. The van der Waals surface area contributed by atoms with Crippen molar-refractivity contribution in [3.8, 4) is 0 Å². The normalized spacial score (nSPS) is 31.8. The number of carbonyl (C=O) groups is 8. The molecule has 6 rings (SSSR count).